The molecule has 4 rings (SSSR count). The highest BCUT2D eigenvalue weighted by atomic mass is 32.1. The van der Waals surface area contributed by atoms with Crippen LogP contribution < -0.4 is 5.32 Å². The van der Waals surface area contributed by atoms with Gasteiger partial charge in [0.1, 0.15) is 11.1 Å². The van der Waals surface area contributed by atoms with Crippen molar-refractivity contribution >= 4 is 28.2 Å². The monoisotopic (exact) mass is 358 g/mol. The first-order valence-corrected chi connectivity index (χ1v) is 10.00. The van der Waals surface area contributed by atoms with Crippen molar-refractivity contribution in [2.75, 3.05) is 5.32 Å². The number of fused-ring (bicyclic) bond motifs is 3. The quantitative estimate of drug-likeness (QED) is 0.808. The van der Waals surface area contributed by atoms with Gasteiger partial charge in [-0.1, -0.05) is 6.42 Å². The summed E-state index contributed by atoms with van der Waals surface area (Å²) in [6.45, 7) is 0. The summed E-state index contributed by atoms with van der Waals surface area (Å²) in [4.78, 5) is 25.8. The fourth-order valence-electron chi connectivity index (χ4n) is 5.17. The topological polar surface area (TPSA) is 90.2 Å². The molecule has 0 radical (unpaired) electrons. The molecule has 0 spiro atoms. The summed E-state index contributed by atoms with van der Waals surface area (Å²) in [6.07, 6.45) is 7.96. The minimum atomic E-state index is -0.852. The van der Waals surface area contributed by atoms with E-state index in [1.807, 2.05) is 0 Å². The van der Waals surface area contributed by atoms with Crippen LogP contribution in [0, 0.1) is 35.0 Å². The molecule has 2 saturated carbocycles. The Balaban J connectivity index is 1.59. The van der Waals surface area contributed by atoms with Gasteiger partial charge in [-0.25, -0.2) is 0 Å². The van der Waals surface area contributed by atoms with Crippen LogP contribution in [0.2, 0.25) is 0 Å². The van der Waals surface area contributed by atoms with E-state index in [1.165, 1.54) is 22.6 Å². The molecule has 132 valence electrons. The van der Waals surface area contributed by atoms with Gasteiger partial charge in [0.2, 0.25) is 5.91 Å². The Labute approximate surface area is 151 Å². The number of carbonyl (C=O) groups excluding carboxylic acids is 1. The molecular weight excluding hydrogens is 336 g/mol. The Kier molecular flexibility index (Phi) is 4.28. The lowest BCUT2D eigenvalue weighted by molar-refractivity contribution is -0.148. The van der Waals surface area contributed by atoms with E-state index in [-0.39, 0.29) is 17.7 Å². The summed E-state index contributed by atoms with van der Waals surface area (Å²) in [5.74, 6) is -1.77. The Morgan fingerprint density at radius 1 is 1.12 bits per heavy atom. The van der Waals surface area contributed by atoms with Crippen LogP contribution in [0.4, 0.5) is 5.00 Å². The van der Waals surface area contributed by atoms with Gasteiger partial charge in [-0.15, -0.1) is 11.3 Å². The first-order valence-electron chi connectivity index (χ1n) is 9.18. The normalized spacial score (nSPS) is 30.4. The number of anilines is 1. The molecule has 5 nitrogen and oxygen atoms in total. The molecule has 2 N–H and O–H groups in total. The van der Waals surface area contributed by atoms with Gasteiger partial charge in [-0.3, -0.25) is 9.59 Å². The molecule has 1 aromatic rings. The maximum atomic E-state index is 12.9. The van der Waals surface area contributed by atoms with Gasteiger partial charge in [-0.2, -0.15) is 5.26 Å². The summed E-state index contributed by atoms with van der Waals surface area (Å²) in [5, 5.41) is 22.7. The van der Waals surface area contributed by atoms with Gasteiger partial charge in [0.05, 0.1) is 17.4 Å². The van der Waals surface area contributed by atoms with Gasteiger partial charge in [0.25, 0.3) is 0 Å². The zero-order valence-electron chi connectivity index (χ0n) is 14.1. The molecule has 0 unspecified atom stereocenters. The first-order chi connectivity index (χ1) is 12.1. The highest BCUT2D eigenvalue weighted by Crippen LogP contribution is 2.53. The second-order valence-corrected chi connectivity index (χ2v) is 8.70. The fraction of sp³-hybridized carbons (Fsp3) is 0.632. The number of amides is 1. The summed E-state index contributed by atoms with van der Waals surface area (Å²) in [6, 6.07) is 2.27. The molecule has 2 bridgehead atoms. The lowest BCUT2D eigenvalue weighted by Gasteiger charge is -2.26. The number of carboxylic acids is 1. The van der Waals surface area contributed by atoms with Crippen LogP contribution in [0.1, 0.15) is 54.5 Å². The largest absolute Gasteiger partial charge is 0.481 e. The summed E-state index contributed by atoms with van der Waals surface area (Å²) in [7, 11) is 0. The van der Waals surface area contributed by atoms with Crippen molar-refractivity contribution in [3.63, 3.8) is 0 Å². The Bertz CT molecular complexity index is 763. The molecular formula is C19H22N2O3S. The number of nitrogens with zero attached hydrogens (tertiary/aromatic N) is 1. The Hall–Kier alpha value is -1.87. The SMILES string of the molecule is N#Cc1c(NC(=O)[C@@H]2[C@H]3CC[C@@H](C3)[C@H]2C(=O)O)sc2c1CCCCC2. The maximum Gasteiger partial charge on any atom is 0.307 e. The third-order valence-corrected chi connectivity index (χ3v) is 7.48. The average molecular weight is 358 g/mol. The molecule has 1 aromatic heterocycles. The second kappa shape index (κ2) is 6.45. The van der Waals surface area contributed by atoms with Crippen molar-refractivity contribution in [3.8, 4) is 6.07 Å². The lowest BCUT2D eigenvalue weighted by Crippen LogP contribution is -2.37. The number of hydrogen-bond donors (Lipinski definition) is 2. The highest BCUT2D eigenvalue weighted by Gasteiger charge is 2.54. The molecule has 3 aliphatic rings. The van der Waals surface area contributed by atoms with Crippen LogP contribution in [-0.2, 0) is 22.4 Å². The number of hydrogen-bond acceptors (Lipinski definition) is 4. The Morgan fingerprint density at radius 2 is 1.84 bits per heavy atom. The van der Waals surface area contributed by atoms with Gasteiger partial charge >= 0.3 is 5.97 Å². The van der Waals surface area contributed by atoms with E-state index in [2.05, 4.69) is 11.4 Å². The zero-order chi connectivity index (χ0) is 17.6. The number of aliphatic carboxylic acids is 1. The predicted octanol–water partition coefficient (Wildman–Crippen LogP) is 3.57. The second-order valence-electron chi connectivity index (χ2n) is 7.59. The molecule has 0 aromatic carbocycles. The van der Waals surface area contributed by atoms with E-state index in [0.717, 1.165) is 50.5 Å². The highest BCUT2D eigenvalue weighted by molar-refractivity contribution is 7.16. The number of nitrogens with one attached hydrogen (secondary N) is 1. The van der Waals surface area contributed by atoms with Crippen molar-refractivity contribution in [1.82, 2.24) is 0 Å². The van der Waals surface area contributed by atoms with Crippen molar-refractivity contribution in [2.24, 2.45) is 23.7 Å². The van der Waals surface area contributed by atoms with E-state index in [1.54, 1.807) is 0 Å². The first kappa shape index (κ1) is 16.6. The van der Waals surface area contributed by atoms with Gasteiger partial charge < -0.3 is 10.4 Å². The summed E-state index contributed by atoms with van der Waals surface area (Å²) < 4.78 is 0. The van der Waals surface area contributed by atoms with Crippen LogP contribution in [-0.4, -0.2) is 17.0 Å². The van der Waals surface area contributed by atoms with Crippen molar-refractivity contribution in [1.29, 1.82) is 5.26 Å². The smallest absolute Gasteiger partial charge is 0.307 e. The molecule has 1 heterocycles. The van der Waals surface area contributed by atoms with Crippen LogP contribution in [0.3, 0.4) is 0 Å². The fourth-order valence-corrected chi connectivity index (χ4v) is 6.41. The van der Waals surface area contributed by atoms with Crippen LogP contribution >= 0.6 is 11.3 Å². The van der Waals surface area contributed by atoms with Gasteiger partial charge in [0, 0.05) is 4.88 Å². The summed E-state index contributed by atoms with van der Waals surface area (Å²) in [5.41, 5.74) is 1.70. The molecule has 0 saturated heterocycles. The standard InChI is InChI=1S/C19H22N2O3S/c20-9-13-12-4-2-1-3-5-14(12)25-18(13)21-17(22)15-10-6-7-11(8-10)16(15)19(23)24/h10-11,15-16H,1-8H2,(H,21,22)(H,23,24)/t10-,11-,15+,16+/m0/s1. The van der Waals surface area contributed by atoms with E-state index in [0.29, 0.717) is 10.6 Å². The van der Waals surface area contributed by atoms with E-state index in [9.17, 15) is 20.0 Å². The molecule has 0 aliphatic heterocycles. The number of thiophene rings is 1. The van der Waals surface area contributed by atoms with Crippen molar-refractivity contribution in [2.45, 2.75) is 51.4 Å². The molecule has 2 fully saturated rings. The van der Waals surface area contributed by atoms with Crippen LogP contribution in [0.15, 0.2) is 0 Å². The number of carbonyl (C=O) groups is 2. The van der Waals surface area contributed by atoms with Gasteiger partial charge in [-0.05, 0) is 62.3 Å². The third-order valence-electron chi connectivity index (χ3n) is 6.27. The third kappa shape index (κ3) is 2.75. The van der Waals surface area contributed by atoms with Crippen molar-refractivity contribution in [3.05, 3.63) is 16.0 Å². The van der Waals surface area contributed by atoms with E-state index in [4.69, 9.17) is 0 Å². The predicted molar refractivity (Wildman–Crippen MR) is 94.4 cm³/mol. The van der Waals surface area contributed by atoms with Gasteiger partial charge in [0.15, 0.2) is 0 Å². The summed E-state index contributed by atoms with van der Waals surface area (Å²) >= 11 is 1.51. The minimum absolute atomic E-state index is 0.133. The number of aryl methyl sites for hydroxylation is 1. The molecule has 3 aliphatic carbocycles. The number of carboxylic acid groups (broad SMARTS) is 1. The lowest BCUT2D eigenvalue weighted by atomic mass is 9.79. The van der Waals surface area contributed by atoms with E-state index < -0.39 is 17.8 Å². The molecule has 4 atom stereocenters. The maximum absolute atomic E-state index is 12.9. The van der Waals surface area contributed by atoms with Crippen LogP contribution in [0.25, 0.3) is 0 Å². The Morgan fingerprint density at radius 3 is 2.56 bits per heavy atom. The number of rotatable bonds is 3. The average Bonchev–Trinajstić information content (AvgIpc) is 3.23. The molecule has 1 amide bonds. The molecule has 6 heteroatoms. The minimum Gasteiger partial charge on any atom is -0.481 e. The van der Waals surface area contributed by atoms with E-state index >= 15 is 0 Å². The number of nitriles is 1. The zero-order valence-corrected chi connectivity index (χ0v) is 14.9. The van der Waals surface area contributed by atoms with Crippen LogP contribution in [0.5, 0.6) is 0 Å². The van der Waals surface area contributed by atoms with Crippen molar-refractivity contribution < 1.29 is 14.7 Å². The molecule has 25 heavy (non-hydrogen) atoms.